The average Bonchev–Trinajstić information content (AvgIpc) is 2.88. The van der Waals surface area contributed by atoms with Crippen LogP contribution in [0.25, 0.3) is 0 Å². The van der Waals surface area contributed by atoms with Gasteiger partial charge in [0, 0.05) is 31.9 Å². The molecule has 4 rings (SSSR count). The number of aromatic nitrogens is 1. The number of hydrogen-bond acceptors (Lipinski definition) is 6. The first-order valence-electron chi connectivity index (χ1n) is 11.0. The van der Waals surface area contributed by atoms with E-state index >= 15 is 0 Å². The molecule has 4 aromatic rings. The molecule has 3 aromatic carbocycles. The minimum Gasteiger partial charge on any atom is -0.487 e. The van der Waals surface area contributed by atoms with Crippen molar-refractivity contribution in [1.29, 1.82) is 0 Å². The van der Waals surface area contributed by atoms with E-state index in [0.717, 1.165) is 40.7 Å². The monoisotopic (exact) mass is 451 g/mol. The lowest BCUT2D eigenvalue weighted by molar-refractivity contribution is -0.697. The molecule has 0 atom stereocenters. The van der Waals surface area contributed by atoms with Gasteiger partial charge in [0.15, 0.2) is 18.9 Å². The summed E-state index contributed by atoms with van der Waals surface area (Å²) in [6, 6.07) is 29.1. The van der Waals surface area contributed by atoms with Crippen molar-refractivity contribution in [3.63, 3.8) is 0 Å². The van der Waals surface area contributed by atoms with Gasteiger partial charge in [0.1, 0.15) is 12.4 Å². The van der Waals surface area contributed by atoms with Crippen molar-refractivity contribution in [3.05, 3.63) is 103 Å². The summed E-state index contributed by atoms with van der Waals surface area (Å²) < 4.78 is 7.90. The van der Waals surface area contributed by atoms with Gasteiger partial charge in [-0.1, -0.05) is 18.2 Å². The highest BCUT2D eigenvalue weighted by Gasteiger charge is 2.03. The SMILES string of the molecule is CN(C)c1ccc(N=Nc2cc[n+](CCOc3ccc(N=Nc4ccccc4)cc3)cc2)cc1. The van der Waals surface area contributed by atoms with Crippen LogP contribution in [0.3, 0.4) is 0 Å². The summed E-state index contributed by atoms with van der Waals surface area (Å²) >= 11 is 0. The Morgan fingerprint density at radius 3 is 1.68 bits per heavy atom. The smallest absolute Gasteiger partial charge is 0.182 e. The maximum absolute atomic E-state index is 5.85. The van der Waals surface area contributed by atoms with Gasteiger partial charge in [-0.05, 0) is 60.7 Å². The summed E-state index contributed by atoms with van der Waals surface area (Å²) in [4.78, 5) is 2.05. The molecule has 0 aliphatic carbocycles. The molecule has 0 aliphatic heterocycles. The Balaban J connectivity index is 1.24. The molecule has 0 radical (unpaired) electrons. The Kier molecular flexibility index (Phi) is 7.69. The van der Waals surface area contributed by atoms with Gasteiger partial charge in [0.05, 0.1) is 22.7 Å². The molecule has 1 heterocycles. The fraction of sp³-hybridized carbons (Fsp3) is 0.148. The first-order chi connectivity index (χ1) is 16.7. The van der Waals surface area contributed by atoms with E-state index in [9.17, 15) is 0 Å². The van der Waals surface area contributed by atoms with Crippen molar-refractivity contribution in [2.45, 2.75) is 6.54 Å². The van der Waals surface area contributed by atoms with Crippen molar-refractivity contribution in [1.82, 2.24) is 0 Å². The molecule has 1 aromatic heterocycles. The summed E-state index contributed by atoms with van der Waals surface area (Å²) in [5.74, 6) is 0.796. The molecule has 34 heavy (non-hydrogen) atoms. The molecule has 0 fully saturated rings. The van der Waals surface area contributed by atoms with Crippen LogP contribution in [0.15, 0.2) is 124 Å². The van der Waals surface area contributed by atoms with Crippen molar-refractivity contribution < 1.29 is 9.30 Å². The number of pyridine rings is 1. The minimum absolute atomic E-state index is 0.550. The highest BCUT2D eigenvalue weighted by molar-refractivity contribution is 5.51. The Morgan fingerprint density at radius 2 is 1.12 bits per heavy atom. The minimum atomic E-state index is 0.550. The zero-order valence-electron chi connectivity index (χ0n) is 19.3. The second-order valence-electron chi connectivity index (χ2n) is 7.78. The van der Waals surface area contributed by atoms with Gasteiger partial charge in [-0.25, -0.2) is 4.57 Å². The van der Waals surface area contributed by atoms with Crippen LogP contribution in [0.5, 0.6) is 5.75 Å². The number of ether oxygens (including phenoxy) is 1. The summed E-state index contributed by atoms with van der Waals surface area (Å²) in [5, 5.41) is 17.1. The Hall–Kier alpha value is -4.39. The van der Waals surface area contributed by atoms with Crippen molar-refractivity contribution in [2.24, 2.45) is 20.5 Å². The van der Waals surface area contributed by atoms with E-state index in [0.29, 0.717) is 6.61 Å². The van der Waals surface area contributed by atoms with Crippen LogP contribution in [-0.4, -0.2) is 20.7 Å². The number of rotatable bonds is 9. The fourth-order valence-corrected chi connectivity index (χ4v) is 3.09. The number of benzene rings is 3. The van der Waals surface area contributed by atoms with Crippen molar-refractivity contribution in [3.8, 4) is 5.75 Å². The molecule has 7 nitrogen and oxygen atoms in total. The molecule has 0 aliphatic rings. The third-order valence-electron chi connectivity index (χ3n) is 5.01. The molecule has 0 spiro atoms. The standard InChI is InChI=1S/C27H27N6O/c1-32(2)26-12-8-23(9-13-26)29-31-25-16-18-33(19-17-25)20-21-34-27-14-10-24(11-15-27)30-28-22-6-4-3-5-7-22/h3-19H,20-21H2,1-2H3/q+1. The Bertz CT molecular complexity index is 1220. The molecule has 170 valence electrons. The molecule has 0 amide bonds. The predicted molar refractivity (Wildman–Crippen MR) is 134 cm³/mol. The molecule has 0 saturated carbocycles. The first-order valence-corrected chi connectivity index (χ1v) is 11.0. The van der Waals surface area contributed by atoms with Crippen molar-refractivity contribution in [2.75, 3.05) is 25.6 Å². The normalized spacial score (nSPS) is 11.2. The number of hydrogen-bond donors (Lipinski definition) is 0. The van der Waals surface area contributed by atoms with Gasteiger partial charge < -0.3 is 9.64 Å². The highest BCUT2D eigenvalue weighted by atomic mass is 16.5. The lowest BCUT2D eigenvalue weighted by atomic mass is 10.3. The van der Waals surface area contributed by atoms with Gasteiger partial charge in [-0.15, -0.1) is 0 Å². The summed E-state index contributed by atoms with van der Waals surface area (Å²) in [6.45, 7) is 1.27. The van der Waals surface area contributed by atoms with Crippen LogP contribution in [0.4, 0.5) is 28.4 Å². The van der Waals surface area contributed by atoms with E-state index in [1.807, 2.05) is 122 Å². The largest absolute Gasteiger partial charge is 0.487 e. The Labute approximate surface area is 199 Å². The van der Waals surface area contributed by atoms with Gasteiger partial charge in [0.25, 0.3) is 0 Å². The molecule has 7 heteroatoms. The van der Waals surface area contributed by atoms with Gasteiger partial charge in [-0.2, -0.15) is 20.5 Å². The van der Waals surface area contributed by atoms with Crippen LogP contribution in [0.1, 0.15) is 0 Å². The first kappa shape index (κ1) is 22.8. The highest BCUT2D eigenvalue weighted by Crippen LogP contribution is 2.22. The second-order valence-corrected chi connectivity index (χ2v) is 7.78. The summed E-state index contributed by atoms with van der Waals surface area (Å²) in [6.07, 6.45) is 3.94. The maximum Gasteiger partial charge on any atom is 0.182 e. The quantitative estimate of drug-likeness (QED) is 0.204. The summed E-state index contributed by atoms with van der Waals surface area (Å²) in [7, 11) is 4.02. The van der Waals surface area contributed by atoms with Crippen LogP contribution >= 0.6 is 0 Å². The van der Waals surface area contributed by atoms with Crippen LogP contribution in [-0.2, 0) is 6.54 Å². The Morgan fingerprint density at radius 1 is 0.618 bits per heavy atom. The van der Waals surface area contributed by atoms with Crippen LogP contribution in [0, 0.1) is 0 Å². The fourth-order valence-electron chi connectivity index (χ4n) is 3.09. The number of anilines is 1. The van der Waals surface area contributed by atoms with E-state index in [-0.39, 0.29) is 0 Å². The zero-order chi connectivity index (χ0) is 23.6. The molecule has 0 bridgehead atoms. The van der Waals surface area contributed by atoms with E-state index in [1.54, 1.807) is 0 Å². The third kappa shape index (κ3) is 6.80. The van der Waals surface area contributed by atoms with Gasteiger partial charge >= 0.3 is 0 Å². The van der Waals surface area contributed by atoms with E-state index < -0.39 is 0 Å². The third-order valence-corrected chi connectivity index (χ3v) is 5.01. The van der Waals surface area contributed by atoms with E-state index in [4.69, 9.17) is 4.74 Å². The van der Waals surface area contributed by atoms with Gasteiger partial charge in [-0.3, -0.25) is 0 Å². The number of nitrogens with zero attached hydrogens (tertiary/aromatic N) is 6. The molecule has 0 N–H and O–H groups in total. The second kappa shape index (κ2) is 11.5. The molecular formula is C27H27N6O+. The lowest BCUT2D eigenvalue weighted by Gasteiger charge is -2.11. The molecule has 0 unspecified atom stereocenters. The zero-order valence-corrected chi connectivity index (χ0v) is 19.3. The molecule has 0 saturated heterocycles. The van der Waals surface area contributed by atoms with E-state index in [2.05, 4.69) is 25.4 Å². The lowest BCUT2D eigenvalue weighted by Crippen LogP contribution is -2.35. The number of azo groups is 2. The van der Waals surface area contributed by atoms with Crippen LogP contribution < -0.4 is 14.2 Å². The topological polar surface area (TPSA) is 65.8 Å². The van der Waals surface area contributed by atoms with Gasteiger partial charge in [0.2, 0.25) is 0 Å². The predicted octanol–water partition coefficient (Wildman–Crippen LogP) is 6.95. The summed E-state index contributed by atoms with van der Waals surface area (Å²) in [5.41, 5.74) is 4.36. The molecular weight excluding hydrogens is 424 g/mol. The van der Waals surface area contributed by atoms with Crippen molar-refractivity contribution >= 4 is 28.4 Å². The van der Waals surface area contributed by atoms with E-state index in [1.165, 1.54) is 0 Å². The van der Waals surface area contributed by atoms with Crippen LogP contribution in [0.2, 0.25) is 0 Å². The maximum atomic E-state index is 5.85. The average molecular weight is 452 g/mol.